The molecule has 1 amide bonds. The van der Waals surface area contributed by atoms with Crippen molar-refractivity contribution in [3.63, 3.8) is 0 Å². The van der Waals surface area contributed by atoms with Crippen molar-refractivity contribution in [2.75, 3.05) is 25.0 Å². The molecule has 6 nitrogen and oxygen atoms in total. The molecule has 0 spiro atoms. The van der Waals surface area contributed by atoms with Crippen LogP contribution in [0.25, 0.3) is 0 Å². The molecule has 7 heteroatoms. The molecule has 1 aromatic rings. The number of ether oxygens (including phenoxy) is 1. The number of nitrogens with one attached hydrogen (secondary N) is 1. The lowest BCUT2D eigenvalue weighted by Gasteiger charge is -2.24. The number of nitrogens with zero attached hydrogens (tertiary/aromatic N) is 3. The molecule has 0 unspecified atom stereocenters. The Hall–Kier alpha value is -1.56. The highest BCUT2D eigenvalue weighted by atomic mass is 35.5. The number of rotatable bonds is 3. The highest BCUT2D eigenvalue weighted by Gasteiger charge is 2.29. The molecule has 122 valence electrons. The van der Waals surface area contributed by atoms with Gasteiger partial charge < -0.3 is 15.0 Å². The number of aryl methyl sites for hydroxylation is 1. The number of halogens is 1. The highest BCUT2D eigenvalue weighted by molar-refractivity contribution is 6.30. The van der Waals surface area contributed by atoms with Gasteiger partial charge in [-0.15, -0.1) is 0 Å². The molecule has 2 heterocycles. The van der Waals surface area contributed by atoms with E-state index >= 15 is 0 Å². The van der Waals surface area contributed by atoms with E-state index in [9.17, 15) is 4.79 Å². The second-order valence-corrected chi connectivity index (χ2v) is 6.99. The van der Waals surface area contributed by atoms with E-state index in [1.165, 1.54) is 0 Å². The first-order valence-corrected chi connectivity index (χ1v) is 7.83. The minimum absolute atomic E-state index is 0.246. The zero-order valence-electron chi connectivity index (χ0n) is 13.5. The van der Waals surface area contributed by atoms with Gasteiger partial charge in [0.15, 0.2) is 0 Å². The summed E-state index contributed by atoms with van der Waals surface area (Å²) in [6, 6.07) is 0. The van der Waals surface area contributed by atoms with Crippen LogP contribution in [0.3, 0.4) is 0 Å². The van der Waals surface area contributed by atoms with Crippen molar-refractivity contribution in [1.82, 2.24) is 14.9 Å². The third kappa shape index (κ3) is 4.73. The number of anilines is 1. The van der Waals surface area contributed by atoms with Crippen LogP contribution >= 0.6 is 11.6 Å². The van der Waals surface area contributed by atoms with Crippen molar-refractivity contribution in [3.8, 4) is 0 Å². The van der Waals surface area contributed by atoms with E-state index in [0.717, 1.165) is 18.5 Å². The van der Waals surface area contributed by atoms with Crippen LogP contribution in [0.4, 0.5) is 10.7 Å². The summed E-state index contributed by atoms with van der Waals surface area (Å²) in [7, 11) is 0. The van der Waals surface area contributed by atoms with Gasteiger partial charge in [0.05, 0.1) is 0 Å². The molecule has 1 saturated heterocycles. The lowest BCUT2D eigenvalue weighted by atomic mass is 10.1. The number of aromatic nitrogens is 2. The molecular weight excluding hydrogens is 304 g/mol. The number of likely N-dealkylation sites (tertiary alicyclic amines) is 1. The van der Waals surface area contributed by atoms with Gasteiger partial charge in [-0.05, 0) is 40.0 Å². The van der Waals surface area contributed by atoms with Crippen molar-refractivity contribution in [2.45, 2.75) is 39.7 Å². The molecule has 1 fully saturated rings. The van der Waals surface area contributed by atoms with Crippen LogP contribution in [-0.4, -0.2) is 46.2 Å². The third-order valence-corrected chi connectivity index (χ3v) is 3.78. The Morgan fingerprint density at radius 3 is 2.91 bits per heavy atom. The Kier molecular flexibility index (Phi) is 5.11. The van der Waals surface area contributed by atoms with Gasteiger partial charge in [-0.25, -0.2) is 14.8 Å². The van der Waals surface area contributed by atoms with E-state index in [-0.39, 0.29) is 6.09 Å². The number of hydrogen-bond acceptors (Lipinski definition) is 5. The first-order valence-electron chi connectivity index (χ1n) is 7.45. The van der Waals surface area contributed by atoms with Crippen molar-refractivity contribution in [1.29, 1.82) is 0 Å². The van der Waals surface area contributed by atoms with E-state index < -0.39 is 5.60 Å². The summed E-state index contributed by atoms with van der Waals surface area (Å²) in [5.74, 6) is 0.877. The molecule has 1 atom stereocenters. The monoisotopic (exact) mass is 326 g/mol. The van der Waals surface area contributed by atoms with Crippen molar-refractivity contribution < 1.29 is 9.53 Å². The van der Waals surface area contributed by atoms with Gasteiger partial charge in [-0.2, -0.15) is 0 Å². The first kappa shape index (κ1) is 16.8. The molecule has 0 radical (unpaired) electrons. The minimum Gasteiger partial charge on any atom is -0.444 e. The maximum atomic E-state index is 12.0. The lowest BCUT2D eigenvalue weighted by Crippen LogP contribution is -2.35. The average Bonchev–Trinajstić information content (AvgIpc) is 2.87. The fourth-order valence-corrected chi connectivity index (χ4v) is 2.36. The predicted octanol–water partition coefficient (Wildman–Crippen LogP) is 3.11. The SMILES string of the molecule is Cc1cnc(NC[C@@H]2CCN(C(=O)OC(C)(C)C)C2)nc1Cl. The maximum Gasteiger partial charge on any atom is 0.410 e. The largest absolute Gasteiger partial charge is 0.444 e. The number of hydrogen-bond donors (Lipinski definition) is 1. The summed E-state index contributed by atoms with van der Waals surface area (Å²) in [6.45, 7) is 9.59. The van der Waals surface area contributed by atoms with Gasteiger partial charge in [-0.3, -0.25) is 0 Å². The normalized spacial score (nSPS) is 18.4. The van der Waals surface area contributed by atoms with Crippen LogP contribution in [0.15, 0.2) is 6.20 Å². The molecule has 0 saturated carbocycles. The second-order valence-electron chi connectivity index (χ2n) is 6.63. The summed E-state index contributed by atoms with van der Waals surface area (Å²) < 4.78 is 5.39. The van der Waals surface area contributed by atoms with Gasteiger partial charge >= 0.3 is 6.09 Å². The highest BCUT2D eigenvalue weighted by Crippen LogP contribution is 2.20. The molecular formula is C15H23ClN4O2. The summed E-state index contributed by atoms with van der Waals surface area (Å²) in [6.07, 6.45) is 2.38. The molecule has 1 aliphatic heterocycles. The number of amides is 1. The van der Waals surface area contributed by atoms with Crippen LogP contribution in [0.2, 0.25) is 5.15 Å². The van der Waals surface area contributed by atoms with Crippen LogP contribution in [0.1, 0.15) is 32.8 Å². The average molecular weight is 327 g/mol. The van der Waals surface area contributed by atoms with Gasteiger partial charge in [0, 0.05) is 31.4 Å². The third-order valence-electron chi connectivity index (χ3n) is 3.40. The Labute approximate surface area is 136 Å². The van der Waals surface area contributed by atoms with Gasteiger partial charge in [0.2, 0.25) is 5.95 Å². The molecule has 0 aromatic carbocycles. The summed E-state index contributed by atoms with van der Waals surface area (Å²) >= 11 is 5.97. The Balaban J connectivity index is 1.81. The van der Waals surface area contributed by atoms with Crippen LogP contribution in [-0.2, 0) is 4.74 Å². The Bertz CT molecular complexity index is 545. The van der Waals surface area contributed by atoms with Crippen molar-refractivity contribution >= 4 is 23.6 Å². The van der Waals surface area contributed by atoms with E-state index in [1.807, 2.05) is 27.7 Å². The fraction of sp³-hybridized carbons (Fsp3) is 0.667. The molecule has 22 heavy (non-hydrogen) atoms. The fourth-order valence-electron chi connectivity index (χ4n) is 2.23. The minimum atomic E-state index is -0.458. The summed E-state index contributed by atoms with van der Waals surface area (Å²) in [5, 5.41) is 3.63. The Morgan fingerprint density at radius 2 is 2.27 bits per heavy atom. The Morgan fingerprint density at radius 1 is 1.55 bits per heavy atom. The van der Waals surface area contributed by atoms with Crippen molar-refractivity contribution in [3.05, 3.63) is 16.9 Å². The molecule has 2 rings (SSSR count). The van der Waals surface area contributed by atoms with Crippen LogP contribution < -0.4 is 5.32 Å². The molecule has 0 aliphatic carbocycles. The summed E-state index contributed by atoms with van der Waals surface area (Å²) in [4.78, 5) is 22.1. The van der Waals surface area contributed by atoms with Gasteiger partial charge in [0.1, 0.15) is 10.8 Å². The van der Waals surface area contributed by atoms with Gasteiger partial charge in [-0.1, -0.05) is 11.6 Å². The first-order chi connectivity index (χ1) is 10.2. The smallest absolute Gasteiger partial charge is 0.410 e. The van der Waals surface area contributed by atoms with Crippen molar-refractivity contribution in [2.24, 2.45) is 5.92 Å². The van der Waals surface area contributed by atoms with Gasteiger partial charge in [0.25, 0.3) is 0 Å². The van der Waals surface area contributed by atoms with E-state index in [2.05, 4.69) is 15.3 Å². The number of carbonyl (C=O) groups is 1. The molecule has 1 N–H and O–H groups in total. The van der Waals surface area contributed by atoms with Crippen LogP contribution in [0, 0.1) is 12.8 Å². The standard InChI is InChI=1S/C15H23ClN4O2/c1-10-7-17-13(19-12(10)16)18-8-11-5-6-20(9-11)14(21)22-15(2,3)4/h7,11H,5-6,8-9H2,1-4H3,(H,17,18,19)/t11-/m0/s1. The molecule has 1 aliphatic rings. The summed E-state index contributed by atoms with van der Waals surface area (Å²) in [5.41, 5.74) is 0.393. The second kappa shape index (κ2) is 6.69. The molecule has 0 bridgehead atoms. The lowest BCUT2D eigenvalue weighted by molar-refractivity contribution is 0.0289. The van der Waals surface area contributed by atoms with E-state index in [4.69, 9.17) is 16.3 Å². The zero-order chi connectivity index (χ0) is 16.3. The van der Waals surface area contributed by atoms with E-state index in [1.54, 1.807) is 11.1 Å². The van der Waals surface area contributed by atoms with Crippen LogP contribution in [0.5, 0.6) is 0 Å². The number of carbonyl (C=O) groups excluding carboxylic acids is 1. The zero-order valence-corrected chi connectivity index (χ0v) is 14.3. The topological polar surface area (TPSA) is 67.4 Å². The molecule has 1 aromatic heterocycles. The van der Waals surface area contributed by atoms with E-state index in [0.29, 0.717) is 30.1 Å². The maximum absolute atomic E-state index is 12.0. The quantitative estimate of drug-likeness (QED) is 0.864. The predicted molar refractivity (Wildman–Crippen MR) is 86.2 cm³/mol.